The molecular formula is C9H16N2O6S. The van der Waals surface area contributed by atoms with Crippen molar-refractivity contribution in [2.45, 2.75) is 25.5 Å². The normalized spacial score (nSPS) is 24.1. The van der Waals surface area contributed by atoms with Crippen molar-refractivity contribution in [1.29, 1.82) is 0 Å². The molecule has 8 nitrogen and oxygen atoms in total. The predicted octanol–water partition coefficient (Wildman–Crippen LogP) is -2.04. The topological polar surface area (TPSA) is 138 Å². The molecule has 0 aromatic heterocycles. The van der Waals surface area contributed by atoms with Crippen LogP contribution in [0.3, 0.4) is 0 Å². The van der Waals surface area contributed by atoms with Gasteiger partial charge in [0, 0.05) is 18.9 Å². The van der Waals surface area contributed by atoms with Crippen LogP contribution < -0.4 is 5.14 Å². The maximum atomic E-state index is 11.6. The molecule has 1 aliphatic heterocycles. The number of carboxylic acid groups (broad SMARTS) is 1. The lowest BCUT2D eigenvalue weighted by molar-refractivity contribution is -0.152. The molecule has 3 unspecified atom stereocenters. The average Bonchev–Trinajstić information content (AvgIpc) is 2.42. The third-order valence-electron chi connectivity index (χ3n) is 2.75. The van der Waals surface area contributed by atoms with Crippen LogP contribution in [0.15, 0.2) is 0 Å². The summed E-state index contributed by atoms with van der Waals surface area (Å²) < 4.78 is 21.8. The van der Waals surface area contributed by atoms with Crippen LogP contribution in [0.1, 0.15) is 13.3 Å². The van der Waals surface area contributed by atoms with Crippen molar-refractivity contribution >= 4 is 21.9 Å². The summed E-state index contributed by atoms with van der Waals surface area (Å²) in [6, 6.07) is -1.36. The van der Waals surface area contributed by atoms with E-state index in [2.05, 4.69) is 0 Å². The molecule has 0 saturated carbocycles. The number of sulfonamides is 1. The van der Waals surface area contributed by atoms with Gasteiger partial charge >= 0.3 is 5.97 Å². The molecule has 0 bridgehead atoms. The molecule has 1 aliphatic rings. The summed E-state index contributed by atoms with van der Waals surface area (Å²) in [4.78, 5) is 23.6. The monoisotopic (exact) mass is 280 g/mol. The van der Waals surface area contributed by atoms with Crippen LogP contribution in [-0.2, 0) is 19.6 Å². The van der Waals surface area contributed by atoms with E-state index in [4.69, 9.17) is 10.2 Å². The molecule has 0 aromatic rings. The van der Waals surface area contributed by atoms with Crippen LogP contribution in [0.4, 0.5) is 0 Å². The Kier molecular flexibility index (Phi) is 4.30. The third kappa shape index (κ3) is 3.65. The average molecular weight is 280 g/mol. The minimum absolute atomic E-state index is 0.0306. The molecule has 0 radical (unpaired) electrons. The number of carbonyl (C=O) groups is 2. The molecule has 18 heavy (non-hydrogen) atoms. The highest BCUT2D eigenvalue weighted by Gasteiger charge is 2.40. The van der Waals surface area contributed by atoms with Crippen LogP contribution in [0, 0.1) is 5.92 Å². The molecule has 104 valence electrons. The van der Waals surface area contributed by atoms with E-state index < -0.39 is 40.0 Å². The van der Waals surface area contributed by atoms with Gasteiger partial charge in [-0.3, -0.25) is 4.79 Å². The Morgan fingerprint density at radius 2 is 2.17 bits per heavy atom. The number of rotatable bonds is 5. The molecule has 9 heteroatoms. The van der Waals surface area contributed by atoms with Crippen LogP contribution in [-0.4, -0.2) is 59.9 Å². The Hall–Kier alpha value is -1.19. The van der Waals surface area contributed by atoms with Gasteiger partial charge in [0.2, 0.25) is 15.9 Å². The Bertz CT molecular complexity index is 446. The van der Waals surface area contributed by atoms with Crippen molar-refractivity contribution in [2.24, 2.45) is 11.1 Å². The van der Waals surface area contributed by atoms with Gasteiger partial charge in [-0.15, -0.1) is 0 Å². The van der Waals surface area contributed by atoms with Crippen LogP contribution in [0.2, 0.25) is 0 Å². The Morgan fingerprint density at radius 3 is 2.56 bits per heavy atom. The van der Waals surface area contributed by atoms with E-state index in [1.807, 2.05) is 0 Å². The molecule has 1 heterocycles. The van der Waals surface area contributed by atoms with Crippen molar-refractivity contribution < 1.29 is 28.2 Å². The van der Waals surface area contributed by atoms with Gasteiger partial charge in [-0.2, -0.15) is 0 Å². The van der Waals surface area contributed by atoms with Crippen molar-refractivity contribution in [3.05, 3.63) is 0 Å². The number of nitrogens with zero attached hydrogens (tertiary/aromatic N) is 1. The van der Waals surface area contributed by atoms with Gasteiger partial charge < -0.3 is 15.1 Å². The third-order valence-corrected chi connectivity index (χ3v) is 3.69. The second-order valence-electron chi connectivity index (χ2n) is 4.47. The largest absolute Gasteiger partial charge is 0.480 e. The Balaban J connectivity index is 2.81. The number of primary sulfonamides is 1. The molecular weight excluding hydrogens is 264 g/mol. The van der Waals surface area contributed by atoms with Crippen LogP contribution >= 0.6 is 0 Å². The fourth-order valence-electron chi connectivity index (χ4n) is 2.12. The highest BCUT2D eigenvalue weighted by molar-refractivity contribution is 7.89. The lowest BCUT2D eigenvalue weighted by Crippen LogP contribution is -2.48. The van der Waals surface area contributed by atoms with E-state index in [0.717, 1.165) is 4.90 Å². The van der Waals surface area contributed by atoms with E-state index in [1.165, 1.54) is 6.92 Å². The van der Waals surface area contributed by atoms with E-state index in [9.17, 15) is 23.1 Å². The lowest BCUT2D eigenvalue weighted by Gasteiger charge is -2.26. The zero-order chi connectivity index (χ0) is 14.1. The van der Waals surface area contributed by atoms with Gasteiger partial charge in [-0.05, 0) is 6.92 Å². The smallest absolute Gasteiger partial charge is 0.329 e. The molecule has 1 rings (SSSR count). The molecule has 1 saturated heterocycles. The van der Waals surface area contributed by atoms with E-state index >= 15 is 0 Å². The van der Waals surface area contributed by atoms with Gasteiger partial charge in [-0.25, -0.2) is 18.4 Å². The summed E-state index contributed by atoms with van der Waals surface area (Å²) in [5, 5.41) is 23.2. The number of hydrogen-bond donors (Lipinski definition) is 3. The molecule has 0 aliphatic carbocycles. The van der Waals surface area contributed by atoms with Crippen LogP contribution in [0.25, 0.3) is 0 Å². The lowest BCUT2D eigenvalue weighted by atomic mass is 10.1. The molecule has 3 atom stereocenters. The first-order chi connectivity index (χ1) is 8.11. The number of carboxylic acids is 1. The SMILES string of the molecule is CC(O)C(C(=O)O)N1CC(CS(N)(=O)=O)CC1=O. The highest BCUT2D eigenvalue weighted by Crippen LogP contribution is 2.22. The van der Waals surface area contributed by atoms with E-state index in [1.54, 1.807) is 0 Å². The van der Waals surface area contributed by atoms with E-state index in [-0.39, 0.29) is 18.7 Å². The quantitative estimate of drug-likeness (QED) is 0.530. The van der Waals surface area contributed by atoms with Gasteiger partial charge in [0.05, 0.1) is 11.9 Å². The Morgan fingerprint density at radius 1 is 1.61 bits per heavy atom. The predicted molar refractivity (Wildman–Crippen MR) is 60.9 cm³/mol. The van der Waals surface area contributed by atoms with Crippen molar-refractivity contribution in [2.75, 3.05) is 12.3 Å². The highest BCUT2D eigenvalue weighted by atomic mass is 32.2. The minimum Gasteiger partial charge on any atom is -0.480 e. The zero-order valence-electron chi connectivity index (χ0n) is 9.81. The van der Waals surface area contributed by atoms with Gasteiger partial charge in [0.1, 0.15) is 0 Å². The summed E-state index contributed by atoms with van der Waals surface area (Å²) in [5.41, 5.74) is 0. The standard InChI is InChI=1S/C9H16N2O6S/c1-5(12)8(9(14)15)11-3-6(2-7(11)13)4-18(10,16)17/h5-6,8,12H,2-4H2,1H3,(H,14,15)(H2,10,16,17). The molecule has 1 amide bonds. The number of aliphatic hydroxyl groups excluding tert-OH is 1. The fourth-order valence-corrected chi connectivity index (χ4v) is 3.00. The summed E-state index contributed by atoms with van der Waals surface area (Å²) in [7, 11) is -3.71. The molecule has 1 fully saturated rings. The summed E-state index contributed by atoms with van der Waals surface area (Å²) >= 11 is 0. The van der Waals surface area contributed by atoms with Gasteiger partial charge in [0.15, 0.2) is 6.04 Å². The number of amides is 1. The van der Waals surface area contributed by atoms with Gasteiger partial charge in [-0.1, -0.05) is 0 Å². The maximum absolute atomic E-state index is 11.6. The number of aliphatic hydroxyl groups is 1. The second-order valence-corrected chi connectivity index (χ2v) is 6.13. The van der Waals surface area contributed by atoms with E-state index in [0.29, 0.717) is 0 Å². The van der Waals surface area contributed by atoms with Crippen LogP contribution in [0.5, 0.6) is 0 Å². The Labute approximate surface area is 104 Å². The maximum Gasteiger partial charge on any atom is 0.329 e. The zero-order valence-corrected chi connectivity index (χ0v) is 10.6. The first kappa shape index (κ1) is 14.9. The number of aliphatic carboxylic acids is 1. The van der Waals surface area contributed by atoms with Crippen molar-refractivity contribution in [3.8, 4) is 0 Å². The number of hydrogen-bond acceptors (Lipinski definition) is 5. The number of likely N-dealkylation sites (tertiary alicyclic amines) is 1. The molecule has 0 aromatic carbocycles. The molecule has 0 spiro atoms. The second kappa shape index (κ2) is 5.21. The first-order valence-electron chi connectivity index (χ1n) is 5.32. The summed E-state index contributed by atoms with van der Waals surface area (Å²) in [6.45, 7) is 1.23. The summed E-state index contributed by atoms with van der Waals surface area (Å²) in [6.07, 6.45) is -1.31. The molecule has 4 N–H and O–H groups in total. The minimum atomic E-state index is -3.71. The number of nitrogens with two attached hydrogens (primary N) is 1. The van der Waals surface area contributed by atoms with Crippen molar-refractivity contribution in [1.82, 2.24) is 4.90 Å². The number of carbonyl (C=O) groups excluding carboxylic acids is 1. The van der Waals surface area contributed by atoms with Gasteiger partial charge in [0.25, 0.3) is 0 Å². The van der Waals surface area contributed by atoms with Crippen molar-refractivity contribution in [3.63, 3.8) is 0 Å². The fraction of sp³-hybridized carbons (Fsp3) is 0.778. The summed E-state index contributed by atoms with van der Waals surface area (Å²) in [5.74, 6) is -2.72. The first-order valence-corrected chi connectivity index (χ1v) is 7.04.